The van der Waals surface area contributed by atoms with Crippen LogP contribution in [0.25, 0.3) is 0 Å². The number of nitrogens with one attached hydrogen (secondary N) is 1. The molecule has 0 bridgehead atoms. The van der Waals surface area contributed by atoms with Gasteiger partial charge in [-0.15, -0.1) is 0 Å². The molecular formula is C18H20I2N2O6. The van der Waals surface area contributed by atoms with E-state index in [-0.39, 0.29) is 17.9 Å². The van der Waals surface area contributed by atoms with Crippen molar-refractivity contribution in [1.82, 2.24) is 3.53 Å². The number of hydrogen-bond acceptors (Lipinski definition) is 6. The Morgan fingerprint density at radius 2 is 1.57 bits per heavy atom. The summed E-state index contributed by atoms with van der Waals surface area (Å²) in [7, 11) is 0. The molecule has 28 heavy (non-hydrogen) atoms. The lowest BCUT2D eigenvalue weighted by Gasteiger charge is -2.09. The van der Waals surface area contributed by atoms with E-state index in [1.807, 2.05) is 45.5 Å². The fourth-order valence-electron chi connectivity index (χ4n) is 2.06. The molecule has 2 aromatic carbocycles. The van der Waals surface area contributed by atoms with Gasteiger partial charge in [0.05, 0.1) is 3.57 Å². The lowest BCUT2D eigenvalue weighted by atomic mass is 10.1. The van der Waals surface area contributed by atoms with Gasteiger partial charge in [-0.3, -0.25) is 9.59 Å². The zero-order valence-electron chi connectivity index (χ0n) is 14.5. The number of carboxylic acid groups (broad SMARTS) is 2. The first-order valence-electron chi connectivity index (χ1n) is 7.96. The molecule has 0 unspecified atom stereocenters. The molecule has 0 saturated carbocycles. The van der Waals surface area contributed by atoms with Crippen LogP contribution < -0.4 is 9.26 Å². The van der Waals surface area contributed by atoms with Crippen molar-refractivity contribution < 1.29 is 30.0 Å². The maximum atomic E-state index is 10.7. The van der Waals surface area contributed by atoms with Crippen molar-refractivity contribution in [3.8, 4) is 11.5 Å². The van der Waals surface area contributed by atoms with Crippen molar-refractivity contribution in [2.45, 2.75) is 24.9 Å². The highest BCUT2D eigenvalue weighted by Crippen LogP contribution is 2.20. The van der Waals surface area contributed by atoms with Gasteiger partial charge in [0.1, 0.15) is 23.6 Å². The zero-order valence-corrected chi connectivity index (χ0v) is 18.9. The number of phenolic OH excluding ortho intramolecular Hbond substituents is 2. The van der Waals surface area contributed by atoms with Crippen LogP contribution in [0.3, 0.4) is 0 Å². The molecule has 7 N–H and O–H groups in total. The first-order chi connectivity index (χ1) is 13.1. The molecule has 0 aromatic heterocycles. The van der Waals surface area contributed by atoms with E-state index in [9.17, 15) is 14.7 Å². The van der Waals surface area contributed by atoms with Gasteiger partial charge in [0, 0.05) is 22.9 Å². The van der Waals surface area contributed by atoms with Crippen molar-refractivity contribution in [3.63, 3.8) is 0 Å². The second kappa shape index (κ2) is 12.0. The second-order valence-corrected chi connectivity index (χ2v) is 7.59. The van der Waals surface area contributed by atoms with E-state index in [1.54, 1.807) is 36.4 Å². The third-order valence-corrected chi connectivity index (χ3v) is 5.21. The molecule has 8 nitrogen and oxygen atoms in total. The molecule has 0 spiro atoms. The Kier molecular flexibility index (Phi) is 10.5. The summed E-state index contributed by atoms with van der Waals surface area (Å²) in [6.45, 7) is 0. The fraction of sp³-hybridized carbons (Fsp3) is 0.222. The highest BCUT2D eigenvalue weighted by Gasteiger charge is 2.15. The number of carbonyl (C=O) groups is 2. The summed E-state index contributed by atoms with van der Waals surface area (Å²) in [5, 5.41) is 35.6. The van der Waals surface area contributed by atoms with Gasteiger partial charge in [-0.1, -0.05) is 18.2 Å². The van der Waals surface area contributed by atoms with Gasteiger partial charge in [0.2, 0.25) is 0 Å². The number of hydrogen-bond donors (Lipinski definition) is 6. The van der Waals surface area contributed by atoms with Crippen LogP contribution in [0, 0.1) is 3.57 Å². The Labute approximate surface area is 189 Å². The Bertz CT molecular complexity index is 801. The molecule has 2 aromatic rings. The number of benzene rings is 2. The summed E-state index contributed by atoms with van der Waals surface area (Å²) in [6.07, 6.45) is 0.671. The fourth-order valence-corrected chi connectivity index (χ4v) is 3.13. The van der Waals surface area contributed by atoms with E-state index in [1.165, 1.54) is 6.07 Å². The number of nitrogens with two attached hydrogens (primary N) is 1. The van der Waals surface area contributed by atoms with Crippen LogP contribution in [0.1, 0.15) is 11.1 Å². The molecule has 0 heterocycles. The van der Waals surface area contributed by atoms with Crippen molar-refractivity contribution in [2.75, 3.05) is 0 Å². The monoisotopic (exact) mass is 611 g/mol. The van der Waals surface area contributed by atoms with Gasteiger partial charge in [0.15, 0.2) is 0 Å². The molecule has 0 fully saturated rings. The predicted molar refractivity (Wildman–Crippen MR) is 121 cm³/mol. The number of phenols is 2. The average Bonchev–Trinajstić information content (AvgIpc) is 2.64. The van der Waals surface area contributed by atoms with Gasteiger partial charge in [0.25, 0.3) is 0 Å². The van der Waals surface area contributed by atoms with Gasteiger partial charge in [-0.25, -0.2) is 3.53 Å². The van der Waals surface area contributed by atoms with Crippen molar-refractivity contribution in [3.05, 3.63) is 57.2 Å². The minimum Gasteiger partial charge on any atom is -0.508 e. The van der Waals surface area contributed by atoms with Gasteiger partial charge < -0.3 is 26.2 Å². The van der Waals surface area contributed by atoms with Crippen molar-refractivity contribution in [2.24, 2.45) is 5.73 Å². The number of aromatic hydroxyl groups is 2. The van der Waals surface area contributed by atoms with Crippen LogP contribution in [0.5, 0.6) is 11.5 Å². The molecule has 0 saturated heterocycles. The molecule has 0 amide bonds. The van der Waals surface area contributed by atoms with Crippen LogP contribution in [0.2, 0.25) is 0 Å². The van der Waals surface area contributed by atoms with Crippen LogP contribution in [0.15, 0.2) is 42.5 Å². The highest BCUT2D eigenvalue weighted by atomic mass is 127. The topological polar surface area (TPSA) is 153 Å². The molecule has 0 radical (unpaired) electrons. The third kappa shape index (κ3) is 8.58. The molecule has 0 aliphatic heterocycles. The Morgan fingerprint density at radius 1 is 1.00 bits per heavy atom. The average molecular weight is 611 g/mol. The maximum absolute atomic E-state index is 10.7. The molecule has 152 valence electrons. The van der Waals surface area contributed by atoms with E-state index in [2.05, 4.69) is 3.53 Å². The molecule has 10 heteroatoms. The second-order valence-electron chi connectivity index (χ2n) is 5.81. The maximum Gasteiger partial charge on any atom is 0.321 e. The van der Waals surface area contributed by atoms with Gasteiger partial charge in [-0.2, -0.15) is 0 Å². The van der Waals surface area contributed by atoms with Crippen LogP contribution in [-0.2, 0) is 22.4 Å². The predicted octanol–water partition coefficient (Wildman–Crippen LogP) is 2.28. The SMILES string of the molecule is N[C@@H](Cc1ccc(O)c([124I])c1)C(=O)O.O=C(O)[C@H](Cc1ccc(O)cc1)NI. The van der Waals surface area contributed by atoms with Crippen molar-refractivity contribution in [1.29, 1.82) is 0 Å². The summed E-state index contributed by atoms with van der Waals surface area (Å²) < 4.78 is 3.36. The number of rotatable bonds is 7. The van der Waals surface area contributed by atoms with Crippen LogP contribution in [-0.4, -0.2) is 44.4 Å². The quantitative estimate of drug-likeness (QED) is 0.206. The summed E-state index contributed by atoms with van der Waals surface area (Å²) in [6, 6.07) is 9.93. The first-order valence-corrected chi connectivity index (χ1v) is 10.1. The van der Waals surface area contributed by atoms with Crippen LogP contribution >= 0.6 is 45.5 Å². The minimum absolute atomic E-state index is 0.183. The third-order valence-electron chi connectivity index (χ3n) is 3.59. The van der Waals surface area contributed by atoms with E-state index >= 15 is 0 Å². The van der Waals surface area contributed by atoms with Crippen molar-refractivity contribution >= 4 is 57.4 Å². The van der Waals surface area contributed by atoms with Gasteiger partial charge in [-0.05, 0) is 70.8 Å². The first kappa shape index (κ1) is 24.4. The lowest BCUT2D eigenvalue weighted by Crippen LogP contribution is -2.32. The Hall–Kier alpha value is -1.64. The normalized spacial score (nSPS) is 12.4. The molecule has 0 aliphatic carbocycles. The lowest BCUT2D eigenvalue weighted by molar-refractivity contribution is -0.139. The largest absolute Gasteiger partial charge is 0.508 e. The molecular weight excluding hydrogens is 591 g/mol. The van der Waals surface area contributed by atoms with Gasteiger partial charge >= 0.3 is 11.9 Å². The minimum atomic E-state index is -1.02. The summed E-state index contributed by atoms with van der Waals surface area (Å²) in [5.41, 5.74) is 7.05. The highest BCUT2D eigenvalue weighted by molar-refractivity contribution is 14.1. The number of carboxylic acids is 2. The molecule has 0 aliphatic rings. The van der Waals surface area contributed by atoms with E-state index in [0.717, 1.165) is 11.1 Å². The summed E-state index contributed by atoms with van der Waals surface area (Å²) in [5.74, 6) is -1.53. The molecule has 2 rings (SSSR count). The smallest absolute Gasteiger partial charge is 0.321 e. The van der Waals surface area contributed by atoms with E-state index < -0.39 is 24.0 Å². The molecule has 2 atom stereocenters. The summed E-state index contributed by atoms with van der Waals surface area (Å²) >= 11 is 3.79. The van der Waals surface area contributed by atoms with Crippen LogP contribution in [0.4, 0.5) is 0 Å². The van der Waals surface area contributed by atoms with E-state index in [0.29, 0.717) is 9.99 Å². The standard InChI is InChI=1S/2C9H10INO3/c10-11-8(9(13)14)5-6-1-3-7(12)4-2-6;10-6-3-5(1-2-8(6)12)4-7(11)9(13)14/h1-4,8,11-12H,5H2,(H,13,14);1-3,7,12H,4,11H2,(H,13,14)/t8-;7-/m00/s1/i;10-3. The zero-order chi connectivity index (χ0) is 21.3. The van der Waals surface area contributed by atoms with E-state index in [4.69, 9.17) is 21.1 Å². The Balaban J connectivity index is 0.000000280. The number of halogens is 2. The number of aliphatic carboxylic acids is 2. The Morgan fingerprint density at radius 3 is 2.04 bits per heavy atom. The summed E-state index contributed by atoms with van der Waals surface area (Å²) in [4.78, 5) is 21.2.